The molecule has 6 nitrogen and oxygen atoms in total. The lowest BCUT2D eigenvalue weighted by molar-refractivity contribution is -0.137. The van der Waals surface area contributed by atoms with Gasteiger partial charge in [0, 0.05) is 24.7 Å². The molecule has 1 aliphatic rings. The number of hydrogen-bond donors (Lipinski definition) is 2. The lowest BCUT2D eigenvalue weighted by Gasteiger charge is -2.35. The zero-order valence-corrected chi connectivity index (χ0v) is 18.2. The van der Waals surface area contributed by atoms with Crippen molar-refractivity contribution in [3.05, 3.63) is 89.4 Å². The molecule has 0 spiro atoms. The number of hydrogen-bond acceptors (Lipinski definition) is 5. The predicted molar refractivity (Wildman–Crippen MR) is 121 cm³/mol. The molecule has 1 fully saturated rings. The van der Waals surface area contributed by atoms with Gasteiger partial charge in [0.15, 0.2) is 0 Å². The van der Waals surface area contributed by atoms with E-state index in [1.807, 2.05) is 12.1 Å². The molecule has 9 heteroatoms. The number of benzene rings is 1. The van der Waals surface area contributed by atoms with Crippen LogP contribution in [0.25, 0.3) is 6.08 Å². The summed E-state index contributed by atoms with van der Waals surface area (Å²) in [4.78, 5) is 20.1. The van der Waals surface area contributed by atoms with Crippen molar-refractivity contribution in [2.24, 2.45) is 5.73 Å². The fraction of sp³-hybridized carbons (Fsp3) is 0.240. The molecule has 0 bridgehead atoms. The summed E-state index contributed by atoms with van der Waals surface area (Å²) in [6.45, 7) is 0. The third-order valence-corrected chi connectivity index (χ3v) is 5.59. The van der Waals surface area contributed by atoms with Crippen LogP contribution in [0.3, 0.4) is 0 Å². The molecular weight excluding hydrogens is 445 g/mol. The van der Waals surface area contributed by atoms with E-state index in [0.29, 0.717) is 24.2 Å². The topological polar surface area (TPSA) is 90.1 Å². The van der Waals surface area contributed by atoms with Crippen molar-refractivity contribution in [1.82, 2.24) is 15.3 Å². The molecule has 1 saturated carbocycles. The van der Waals surface area contributed by atoms with Crippen LogP contribution < -0.4 is 15.8 Å². The summed E-state index contributed by atoms with van der Waals surface area (Å²) in [5.74, 6) is 0.298. The van der Waals surface area contributed by atoms with E-state index in [-0.39, 0.29) is 11.8 Å². The van der Waals surface area contributed by atoms with Crippen LogP contribution in [0.5, 0.6) is 11.6 Å². The lowest BCUT2D eigenvalue weighted by Crippen LogP contribution is -2.57. The molecule has 3 aromatic rings. The molecule has 0 radical (unpaired) electrons. The maximum Gasteiger partial charge on any atom is 0.417 e. The van der Waals surface area contributed by atoms with Gasteiger partial charge < -0.3 is 15.8 Å². The van der Waals surface area contributed by atoms with Crippen molar-refractivity contribution in [2.75, 3.05) is 0 Å². The Morgan fingerprint density at radius 3 is 2.53 bits per heavy atom. The minimum Gasteiger partial charge on any atom is -0.439 e. The van der Waals surface area contributed by atoms with Crippen molar-refractivity contribution >= 4 is 12.0 Å². The van der Waals surface area contributed by atoms with E-state index < -0.39 is 17.4 Å². The van der Waals surface area contributed by atoms with Gasteiger partial charge in [-0.3, -0.25) is 9.78 Å². The number of allylic oxidation sites excluding steroid dienone is 1. The molecule has 2 aromatic heterocycles. The van der Waals surface area contributed by atoms with Crippen molar-refractivity contribution in [2.45, 2.75) is 37.5 Å². The Morgan fingerprint density at radius 1 is 1.09 bits per heavy atom. The largest absolute Gasteiger partial charge is 0.439 e. The molecule has 176 valence electrons. The first-order valence-corrected chi connectivity index (χ1v) is 10.7. The Bertz CT molecular complexity index is 1170. The van der Waals surface area contributed by atoms with Crippen LogP contribution in [0.2, 0.25) is 0 Å². The summed E-state index contributed by atoms with van der Waals surface area (Å²) in [7, 11) is 0. The Morgan fingerprint density at radius 2 is 1.88 bits per heavy atom. The number of alkyl halides is 3. The number of nitrogens with zero attached hydrogens (tertiary/aromatic N) is 2. The zero-order chi connectivity index (χ0) is 24.2. The van der Waals surface area contributed by atoms with Crippen molar-refractivity contribution in [3.8, 4) is 11.6 Å². The van der Waals surface area contributed by atoms with E-state index in [4.69, 9.17) is 10.5 Å². The van der Waals surface area contributed by atoms with E-state index in [2.05, 4.69) is 15.3 Å². The second kappa shape index (κ2) is 9.64. The van der Waals surface area contributed by atoms with Gasteiger partial charge >= 0.3 is 6.18 Å². The molecule has 0 unspecified atom stereocenters. The van der Waals surface area contributed by atoms with E-state index in [0.717, 1.165) is 30.7 Å². The first kappa shape index (κ1) is 23.4. The SMILES string of the molecule is NC1(NC(=O)c2cccnc2)CCC(=Cc2cccc(Oc3ccc(C(F)(F)F)cn3)c2)CC1. The van der Waals surface area contributed by atoms with Gasteiger partial charge in [-0.1, -0.05) is 23.8 Å². The first-order valence-electron chi connectivity index (χ1n) is 10.7. The highest BCUT2D eigenvalue weighted by Crippen LogP contribution is 2.32. The minimum atomic E-state index is -4.44. The van der Waals surface area contributed by atoms with Crippen molar-refractivity contribution in [3.63, 3.8) is 0 Å². The van der Waals surface area contributed by atoms with Gasteiger partial charge in [0.2, 0.25) is 5.88 Å². The van der Waals surface area contributed by atoms with Crippen LogP contribution in [0.4, 0.5) is 13.2 Å². The summed E-state index contributed by atoms with van der Waals surface area (Å²) in [6, 6.07) is 12.7. The fourth-order valence-corrected chi connectivity index (χ4v) is 3.71. The highest BCUT2D eigenvalue weighted by atomic mass is 19.4. The molecule has 1 aliphatic carbocycles. The lowest BCUT2D eigenvalue weighted by atomic mass is 9.85. The third kappa shape index (κ3) is 5.99. The number of rotatable bonds is 5. The van der Waals surface area contributed by atoms with Crippen LogP contribution in [0.1, 0.15) is 47.2 Å². The van der Waals surface area contributed by atoms with E-state index in [1.54, 1.807) is 36.5 Å². The number of nitrogens with one attached hydrogen (secondary N) is 1. The number of carbonyl (C=O) groups is 1. The molecular formula is C25H23F3N4O2. The quantitative estimate of drug-likeness (QED) is 0.494. The highest BCUT2D eigenvalue weighted by molar-refractivity contribution is 5.94. The molecule has 34 heavy (non-hydrogen) atoms. The zero-order valence-electron chi connectivity index (χ0n) is 18.2. The monoisotopic (exact) mass is 468 g/mol. The van der Waals surface area contributed by atoms with Crippen LogP contribution in [0.15, 0.2) is 72.7 Å². The summed E-state index contributed by atoms with van der Waals surface area (Å²) in [5.41, 5.74) is 7.34. The summed E-state index contributed by atoms with van der Waals surface area (Å²) >= 11 is 0. The average molecular weight is 468 g/mol. The predicted octanol–water partition coefficient (Wildman–Crippen LogP) is 5.33. The number of ether oxygens (including phenoxy) is 1. The number of halogens is 3. The van der Waals surface area contributed by atoms with Crippen LogP contribution in [-0.4, -0.2) is 21.5 Å². The normalized spacial score (nSPS) is 18.3. The van der Waals surface area contributed by atoms with Gasteiger partial charge in [-0.05, 0) is 61.6 Å². The molecule has 1 amide bonds. The second-order valence-corrected chi connectivity index (χ2v) is 8.21. The number of aromatic nitrogens is 2. The highest BCUT2D eigenvalue weighted by Gasteiger charge is 2.32. The molecule has 0 aliphatic heterocycles. The minimum absolute atomic E-state index is 0.0766. The van der Waals surface area contributed by atoms with Gasteiger partial charge in [0.05, 0.1) is 16.8 Å². The summed E-state index contributed by atoms with van der Waals surface area (Å²) < 4.78 is 43.7. The van der Waals surface area contributed by atoms with Crippen molar-refractivity contribution in [1.29, 1.82) is 0 Å². The Balaban J connectivity index is 1.37. The molecule has 2 heterocycles. The third-order valence-electron chi connectivity index (χ3n) is 5.59. The smallest absolute Gasteiger partial charge is 0.417 e. The number of carbonyl (C=O) groups excluding carboxylic acids is 1. The average Bonchev–Trinajstić information content (AvgIpc) is 2.81. The number of nitrogens with two attached hydrogens (primary N) is 1. The van der Waals surface area contributed by atoms with E-state index in [9.17, 15) is 18.0 Å². The molecule has 1 aromatic carbocycles. The van der Waals surface area contributed by atoms with Crippen molar-refractivity contribution < 1.29 is 22.7 Å². The number of amides is 1. The second-order valence-electron chi connectivity index (χ2n) is 8.21. The molecule has 0 atom stereocenters. The summed E-state index contributed by atoms with van der Waals surface area (Å²) in [6.07, 6.45) is 4.07. The van der Waals surface area contributed by atoms with Crippen LogP contribution >= 0.6 is 0 Å². The fourth-order valence-electron chi connectivity index (χ4n) is 3.71. The molecule has 0 saturated heterocycles. The van der Waals surface area contributed by atoms with Gasteiger partial charge in [-0.2, -0.15) is 13.2 Å². The first-order chi connectivity index (χ1) is 16.2. The van der Waals surface area contributed by atoms with Gasteiger partial charge in [-0.25, -0.2) is 4.98 Å². The van der Waals surface area contributed by atoms with Gasteiger partial charge in [0.25, 0.3) is 5.91 Å². The number of pyridine rings is 2. The Kier molecular flexibility index (Phi) is 6.65. The maximum atomic E-state index is 12.7. The summed E-state index contributed by atoms with van der Waals surface area (Å²) in [5, 5.41) is 2.92. The van der Waals surface area contributed by atoms with Gasteiger partial charge in [0.1, 0.15) is 5.75 Å². The maximum absolute atomic E-state index is 12.7. The van der Waals surface area contributed by atoms with Crippen LogP contribution in [0, 0.1) is 0 Å². The van der Waals surface area contributed by atoms with Gasteiger partial charge in [-0.15, -0.1) is 0 Å². The van der Waals surface area contributed by atoms with Crippen LogP contribution in [-0.2, 0) is 6.18 Å². The van der Waals surface area contributed by atoms with E-state index in [1.165, 1.54) is 17.8 Å². The standard InChI is InChI=1S/C25H23F3N4O2/c26-25(27,28)20-6-7-22(31-16-20)34-21-5-1-3-18(14-21)13-17-8-10-24(29,11-9-17)32-23(33)19-4-2-12-30-15-19/h1-7,12-16H,8-11,29H2,(H,32,33). The van der Waals surface area contributed by atoms with E-state index >= 15 is 0 Å². The molecule has 3 N–H and O–H groups in total. The Labute approximate surface area is 194 Å². The Hall–Kier alpha value is -3.72. The molecule has 4 rings (SSSR count).